The van der Waals surface area contributed by atoms with Gasteiger partial charge < -0.3 is 15.4 Å². The molecule has 0 heterocycles. The largest absolute Gasteiger partial charge is 0.469 e. The molecule has 110 valence electrons. The maximum absolute atomic E-state index is 11.5. The third-order valence-electron chi connectivity index (χ3n) is 2.38. The number of hydrogen-bond donors (Lipinski definition) is 2. The number of carbonyl (C=O) groups is 3. The van der Waals surface area contributed by atoms with Gasteiger partial charge in [-0.1, -0.05) is 0 Å². The van der Waals surface area contributed by atoms with Crippen molar-refractivity contribution in [1.82, 2.24) is 15.5 Å². The zero-order valence-corrected chi connectivity index (χ0v) is 11.8. The number of likely N-dealkylation sites (N-methyl/N-ethyl adjacent to an activating group) is 1. The highest BCUT2D eigenvalue weighted by atomic mass is 16.5. The lowest BCUT2D eigenvalue weighted by atomic mass is 10.3. The highest BCUT2D eigenvalue weighted by molar-refractivity contribution is 5.78. The molecule has 0 aromatic heterocycles. The van der Waals surface area contributed by atoms with Crippen molar-refractivity contribution >= 4 is 17.8 Å². The maximum Gasteiger partial charge on any atom is 0.305 e. The molecule has 0 aliphatic carbocycles. The number of esters is 1. The number of amides is 2. The second-order valence-corrected chi connectivity index (χ2v) is 4.25. The molecular weight excluding hydrogens is 250 g/mol. The van der Waals surface area contributed by atoms with Gasteiger partial charge in [-0.25, -0.2) is 0 Å². The summed E-state index contributed by atoms with van der Waals surface area (Å²) in [5.41, 5.74) is 0. The zero-order valence-electron chi connectivity index (χ0n) is 11.8. The quantitative estimate of drug-likeness (QED) is 0.421. The lowest BCUT2D eigenvalue weighted by molar-refractivity contribution is -0.140. The second-order valence-electron chi connectivity index (χ2n) is 4.25. The van der Waals surface area contributed by atoms with E-state index in [4.69, 9.17) is 0 Å². The van der Waals surface area contributed by atoms with Gasteiger partial charge in [0.15, 0.2) is 0 Å². The minimum absolute atomic E-state index is 0.106. The third-order valence-corrected chi connectivity index (χ3v) is 2.38. The van der Waals surface area contributed by atoms with E-state index in [9.17, 15) is 14.4 Å². The Morgan fingerprint density at radius 1 is 1.16 bits per heavy atom. The zero-order chi connectivity index (χ0) is 14.7. The van der Waals surface area contributed by atoms with Gasteiger partial charge in [0.25, 0.3) is 0 Å². The van der Waals surface area contributed by atoms with E-state index in [1.54, 1.807) is 0 Å². The van der Waals surface area contributed by atoms with Crippen LogP contribution in [0.1, 0.15) is 19.8 Å². The summed E-state index contributed by atoms with van der Waals surface area (Å²) in [6.07, 6.45) is 1.01. The number of methoxy groups -OCH3 is 1. The molecule has 0 unspecified atom stereocenters. The summed E-state index contributed by atoms with van der Waals surface area (Å²) in [5.74, 6) is -0.465. The lowest BCUT2D eigenvalue weighted by Gasteiger charge is -2.15. The van der Waals surface area contributed by atoms with Crippen molar-refractivity contribution in [3.63, 3.8) is 0 Å². The number of nitrogens with zero attached hydrogens (tertiary/aromatic N) is 1. The number of nitrogens with one attached hydrogen (secondary N) is 2. The van der Waals surface area contributed by atoms with Gasteiger partial charge in [-0.3, -0.25) is 19.3 Å². The fraction of sp³-hybridized carbons (Fsp3) is 0.750. The molecule has 2 amide bonds. The molecule has 0 bridgehead atoms. The van der Waals surface area contributed by atoms with Gasteiger partial charge in [-0.05, 0) is 20.0 Å². The summed E-state index contributed by atoms with van der Waals surface area (Å²) < 4.78 is 4.53. The Balaban J connectivity index is 3.57. The van der Waals surface area contributed by atoms with Crippen LogP contribution in [0.2, 0.25) is 0 Å². The predicted octanol–water partition coefficient (Wildman–Crippen LogP) is -0.876. The molecule has 19 heavy (non-hydrogen) atoms. The molecule has 7 nitrogen and oxygen atoms in total. The van der Waals surface area contributed by atoms with Crippen LogP contribution >= 0.6 is 0 Å². The molecule has 0 spiro atoms. The van der Waals surface area contributed by atoms with Gasteiger partial charge in [0, 0.05) is 26.4 Å². The molecule has 0 radical (unpaired) electrons. The van der Waals surface area contributed by atoms with Crippen LogP contribution in [-0.4, -0.2) is 63.0 Å². The standard InChI is InChI=1S/C12H23N3O4/c1-10(16)13-6-7-14-11(17)9-15(2)8-4-5-12(18)19-3/h4-9H2,1-3H3,(H,13,16)(H,14,17). The molecular formula is C12H23N3O4. The van der Waals surface area contributed by atoms with Crippen LogP contribution in [0.25, 0.3) is 0 Å². The summed E-state index contributed by atoms with van der Waals surface area (Å²) in [6.45, 7) is 3.17. The first-order valence-corrected chi connectivity index (χ1v) is 6.22. The van der Waals surface area contributed by atoms with Gasteiger partial charge >= 0.3 is 5.97 Å². The average Bonchev–Trinajstić information content (AvgIpc) is 2.34. The van der Waals surface area contributed by atoms with E-state index in [2.05, 4.69) is 15.4 Å². The van der Waals surface area contributed by atoms with Crippen LogP contribution in [0.5, 0.6) is 0 Å². The van der Waals surface area contributed by atoms with Gasteiger partial charge in [0.05, 0.1) is 13.7 Å². The first-order chi connectivity index (χ1) is 8.95. The SMILES string of the molecule is COC(=O)CCCN(C)CC(=O)NCCNC(C)=O. The van der Waals surface area contributed by atoms with Gasteiger partial charge in [0.1, 0.15) is 0 Å². The molecule has 0 aromatic rings. The first kappa shape index (κ1) is 17.4. The molecule has 0 fully saturated rings. The van der Waals surface area contributed by atoms with Gasteiger partial charge in [-0.2, -0.15) is 0 Å². The van der Waals surface area contributed by atoms with E-state index in [0.717, 1.165) is 0 Å². The number of carbonyl (C=O) groups excluding carboxylic acids is 3. The van der Waals surface area contributed by atoms with E-state index in [1.807, 2.05) is 11.9 Å². The van der Waals surface area contributed by atoms with E-state index < -0.39 is 0 Å². The van der Waals surface area contributed by atoms with E-state index >= 15 is 0 Å². The van der Waals surface area contributed by atoms with Crippen LogP contribution in [0.4, 0.5) is 0 Å². The first-order valence-electron chi connectivity index (χ1n) is 6.22. The fourth-order valence-corrected chi connectivity index (χ4v) is 1.42. The van der Waals surface area contributed by atoms with Crippen LogP contribution in [0.15, 0.2) is 0 Å². The van der Waals surface area contributed by atoms with E-state index in [-0.39, 0.29) is 24.3 Å². The number of ether oxygens (including phenoxy) is 1. The summed E-state index contributed by atoms with van der Waals surface area (Å²) in [5, 5.41) is 5.28. The molecule has 0 aliphatic rings. The Hall–Kier alpha value is -1.63. The summed E-state index contributed by atoms with van der Waals surface area (Å²) in [7, 11) is 3.17. The van der Waals surface area contributed by atoms with Crippen molar-refractivity contribution < 1.29 is 19.1 Å². The van der Waals surface area contributed by atoms with Crippen molar-refractivity contribution in [2.24, 2.45) is 0 Å². The third kappa shape index (κ3) is 11.2. The van der Waals surface area contributed by atoms with Crippen LogP contribution in [0.3, 0.4) is 0 Å². The van der Waals surface area contributed by atoms with Crippen molar-refractivity contribution in [3.8, 4) is 0 Å². The Morgan fingerprint density at radius 3 is 2.37 bits per heavy atom. The minimum Gasteiger partial charge on any atom is -0.469 e. The van der Waals surface area contributed by atoms with Crippen molar-refractivity contribution in [2.45, 2.75) is 19.8 Å². The Kier molecular flexibility index (Phi) is 9.42. The summed E-state index contributed by atoms with van der Waals surface area (Å²) >= 11 is 0. The normalized spacial score (nSPS) is 10.1. The summed E-state index contributed by atoms with van der Waals surface area (Å²) in [6, 6.07) is 0. The molecule has 0 aromatic carbocycles. The smallest absolute Gasteiger partial charge is 0.305 e. The molecule has 0 atom stereocenters. The highest BCUT2D eigenvalue weighted by Gasteiger charge is 2.07. The topological polar surface area (TPSA) is 87.7 Å². The maximum atomic E-state index is 11.5. The Morgan fingerprint density at radius 2 is 1.79 bits per heavy atom. The molecule has 0 saturated carbocycles. The van der Waals surface area contributed by atoms with Gasteiger partial charge in [-0.15, -0.1) is 0 Å². The predicted molar refractivity (Wildman–Crippen MR) is 70.4 cm³/mol. The fourth-order valence-electron chi connectivity index (χ4n) is 1.42. The molecule has 0 saturated heterocycles. The molecule has 0 aliphatic heterocycles. The average molecular weight is 273 g/mol. The van der Waals surface area contributed by atoms with E-state index in [1.165, 1.54) is 14.0 Å². The molecule has 7 heteroatoms. The van der Waals surface area contributed by atoms with E-state index in [0.29, 0.717) is 32.5 Å². The molecule has 2 N–H and O–H groups in total. The second kappa shape index (κ2) is 10.3. The van der Waals surface area contributed by atoms with Crippen LogP contribution in [0, 0.1) is 0 Å². The summed E-state index contributed by atoms with van der Waals surface area (Å²) in [4.78, 5) is 34.8. The Labute approximate surface area is 113 Å². The molecule has 0 rings (SSSR count). The Bertz CT molecular complexity index is 307. The monoisotopic (exact) mass is 273 g/mol. The number of rotatable bonds is 9. The van der Waals surface area contributed by atoms with Crippen molar-refractivity contribution in [3.05, 3.63) is 0 Å². The highest BCUT2D eigenvalue weighted by Crippen LogP contribution is 1.94. The number of hydrogen-bond acceptors (Lipinski definition) is 5. The van der Waals surface area contributed by atoms with Crippen molar-refractivity contribution in [1.29, 1.82) is 0 Å². The van der Waals surface area contributed by atoms with Crippen molar-refractivity contribution in [2.75, 3.05) is 40.3 Å². The lowest BCUT2D eigenvalue weighted by Crippen LogP contribution is -2.39. The van der Waals surface area contributed by atoms with Crippen LogP contribution < -0.4 is 10.6 Å². The van der Waals surface area contributed by atoms with Crippen LogP contribution in [-0.2, 0) is 19.1 Å². The minimum atomic E-state index is -0.242. The van der Waals surface area contributed by atoms with Gasteiger partial charge in [0.2, 0.25) is 11.8 Å².